The molecule has 130 valence electrons. The first-order valence-electron chi connectivity index (χ1n) is 8.24. The van der Waals surface area contributed by atoms with Crippen LogP contribution in [0.3, 0.4) is 0 Å². The second kappa shape index (κ2) is 6.18. The van der Waals surface area contributed by atoms with Crippen molar-refractivity contribution < 1.29 is 18.8 Å². The van der Waals surface area contributed by atoms with Crippen LogP contribution in [0.25, 0.3) is 10.2 Å². The van der Waals surface area contributed by atoms with Gasteiger partial charge in [0.1, 0.15) is 12.4 Å². The van der Waals surface area contributed by atoms with Crippen molar-refractivity contribution in [2.24, 2.45) is 11.8 Å². The molecule has 1 aliphatic carbocycles. The Balaban J connectivity index is 1.46. The van der Waals surface area contributed by atoms with Gasteiger partial charge in [0.05, 0.1) is 22.1 Å². The Labute approximate surface area is 147 Å². The number of aromatic nitrogens is 1. The topological polar surface area (TPSA) is 79.4 Å². The van der Waals surface area contributed by atoms with Crippen molar-refractivity contribution in [3.8, 4) is 0 Å². The lowest BCUT2D eigenvalue weighted by molar-refractivity contribution is -0.142. The molecular weight excluding hydrogens is 345 g/mol. The number of likely N-dealkylation sites (tertiary alicyclic amines) is 1. The first kappa shape index (κ1) is 16.1. The maximum Gasteiger partial charge on any atom is 0.246 e. The average molecular weight is 361 g/mol. The van der Waals surface area contributed by atoms with E-state index in [1.165, 1.54) is 18.2 Å². The number of carbonyl (C=O) groups is 3. The highest BCUT2D eigenvalue weighted by molar-refractivity contribution is 7.22. The van der Waals surface area contributed by atoms with Gasteiger partial charge in [0, 0.05) is 0 Å². The van der Waals surface area contributed by atoms with E-state index in [0.717, 1.165) is 41.9 Å². The van der Waals surface area contributed by atoms with Gasteiger partial charge in [-0.05, 0) is 31.0 Å². The Morgan fingerprint density at radius 3 is 2.60 bits per heavy atom. The summed E-state index contributed by atoms with van der Waals surface area (Å²) in [6.07, 6.45) is 3.33. The normalized spacial score (nSPS) is 23.2. The zero-order valence-corrected chi connectivity index (χ0v) is 14.1. The fraction of sp³-hybridized carbons (Fsp3) is 0.412. The van der Waals surface area contributed by atoms with Gasteiger partial charge < -0.3 is 5.32 Å². The van der Waals surface area contributed by atoms with Gasteiger partial charge in [-0.25, -0.2) is 9.37 Å². The third kappa shape index (κ3) is 2.90. The third-order valence-corrected chi connectivity index (χ3v) is 5.76. The molecule has 6 nitrogen and oxygen atoms in total. The number of carbonyl (C=O) groups excluding carboxylic acids is 3. The van der Waals surface area contributed by atoms with E-state index in [1.807, 2.05) is 0 Å². The van der Waals surface area contributed by atoms with Crippen LogP contribution in [0.4, 0.5) is 9.52 Å². The van der Waals surface area contributed by atoms with Crippen LogP contribution in [0.2, 0.25) is 0 Å². The number of nitrogens with one attached hydrogen (secondary N) is 1. The van der Waals surface area contributed by atoms with Crippen molar-refractivity contribution in [2.45, 2.75) is 25.7 Å². The maximum absolute atomic E-state index is 13.2. The second-order valence-electron chi connectivity index (χ2n) is 6.44. The van der Waals surface area contributed by atoms with Gasteiger partial charge in [-0.15, -0.1) is 0 Å². The van der Waals surface area contributed by atoms with Crippen LogP contribution in [0, 0.1) is 17.7 Å². The number of hydrogen-bond donors (Lipinski definition) is 1. The quantitative estimate of drug-likeness (QED) is 0.852. The predicted octanol–water partition coefficient (Wildman–Crippen LogP) is 2.55. The average Bonchev–Trinajstić information content (AvgIpc) is 3.09. The molecule has 1 aromatic heterocycles. The molecule has 2 atom stereocenters. The molecule has 0 bridgehead atoms. The molecule has 2 aliphatic rings. The lowest BCUT2D eigenvalue weighted by atomic mass is 9.81. The van der Waals surface area contributed by atoms with E-state index in [9.17, 15) is 18.8 Å². The van der Waals surface area contributed by atoms with Crippen LogP contribution in [0.15, 0.2) is 18.2 Å². The number of rotatable bonds is 3. The molecule has 0 spiro atoms. The lowest BCUT2D eigenvalue weighted by Gasteiger charge is -2.19. The molecule has 4 rings (SSSR count). The fourth-order valence-corrected chi connectivity index (χ4v) is 4.55. The Morgan fingerprint density at radius 1 is 1.24 bits per heavy atom. The molecule has 1 aliphatic heterocycles. The fourth-order valence-electron chi connectivity index (χ4n) is 3.64. The van der Waals surface area contributed by atoms with Gasteiger partial charge in [0.2, 0.25) is 17.7 Å². The monoisotopic (exact) mass is 361 g/mol. The first-order chi connectivity index (χ1) is 12.0. The number of halogens is 1. The van der Waals surface area contributed by atoms with Gasteiger partial charge >= 0.3 is 0 Å². The molecule has 0 radical (unpaired) electrons. The molecule has 1 saturated carbocycles. The van der Waals surface area contributed by atoms with Crippen molar-refractivity contribution in [3.05, 3.63) is 24.0 Å². The van der Waals surface area contributed by atoms with Crippen LogP contribution in [0.5, 0.6) is 0 Å². The van der Waals surface area contributed by atoms with Crippen LogP contribution >= 0.6 is 11.3 Å². The van der Waals surface area contributed by atoms with Crippen LogP contribution < -0.4 is 5.32 Å². The summed E-state index contributed by atoms with van der Waals surface area (Å²) in [5.41, 5.74) is 0.584. The number of hydrogen-bond acceptors (Lipinski definition) is 5. The summed E-state index contributed by atoms with van der Waals surface area (Å²) < 4.78 is 13.8. The Morgan fingerprint density at radius 2 is 1.92 bits per heavy atom. The van der Waals surface area contributed by atoms with E-state index in [4.69, 9.17) is 0 Å². The number of amides is 3. The van der Waals surface area contributed by atoms with Crippen molar-refractivity contribution in [1.29, 1.82) is 0 Å². The third-order valence-electron chi connectivity index (χ3n) is 4.83. The van der Waals surface area contributed by atoms with E-state index in [1.54, 1.807) is 0 Å². The van der Waals surface area contributed by atoms with Crippen LogP contribution in [-0.2, 0) is 14.4 Å². The van der Waals surface area contributed by atoms with Gasteiger partial charge in [0.15, 0.2) is 5.13 Å². The number of fused-ring (bicyclic) bond motifs is 2. The van der Waals surface area contributed by atoms with E-state index in [-0.39, 0.29) is 36.0 Å². The zero-order chi connectivity index (χ0) is 17.6. The van der Waals surface area contributed by atoms with E-state index < -0.39 is 5.91 Å². The summed E-state index contributed by atoms with van der Waals surface area (Å²) >= 11 is 1.15. The molecule has 1 saturated heterocycles. The summed E-state index contributed by atoms with van der Waals surface area (Å²) in [5.74, 6) is -1.85. The molecule has 25 heavy (non-hydrogen) atoms. The molecule has 2 fully saturated rings. The largest absolute Gasteiger partial charge is 0.300 e. The SMILES string of the molecule is O=C(CN1C(=O)[C@@H]2CCCC[C@H]2C1=O)Nc1nc2ccc(F)cc2s1. The van der Waals surface area contributed by atoms with E-state index in [2.05, 4.69) is 10.3 Å². The number of imide groups is 1. The molecule has 8 heteroatoms. The Hall–Kier alpha value is -2.35. The smallest absolute Gasteiger partial charge is 0.246 e. The molecular formula is C17H16FN3O3S. The second-order valence-corrected chi connectivity index (χ2v) is 7.47. The highest BCUT2D eigenvalue weighted by Gasteiger charge is 2.48. The number of thiazole rings is 1. The summed E-state index contributed by atoms with van der Waals surface area (Å²) in [6, 6.07) is 4.19. The summed E-state index contributed by atoms with van der Waals surface area (Å²) in [5, 5.41) is 2.92. The van der Waals surface area contributed by atoms with Gasteiger partial charge in [0.25, 0.3) is 0 Å². The molecule has 1 aromatic carbocycles. The maximum atomic E-state index is 13.2. The molecule has 1 N–H and O–H groups in total. The Kier molecular flexibility index (Phi) is 3.99. The van der Waals surface area contributed by atoms with Gasteiger partial charge in [-0.1, -0.05) is 24.2 Å². The minimum Gasteiger partial charge on any atom is -0.300 e. The summed E-state index contributed by atoms with van der Waals surface area (Å²) in [6.45, 7) is -0.297. The number of nitrogens with zero attached hydrogens (tertiary/aromatic N) is 2. The molecule has 2 aromatic rings. The van der Waals surface area contributed by atoms with Gasteiger partial charge in [-0.3, -0.25) is 19.3 Å². The first-order valence-corrected chi connectivity index (χ1v) is 9.06. The van der Waals surface area contributed by atoms with Crippen molar-refractivity contribution in [3.63, 3.8) is 0 Å². The lowest BCUT2D eigenvalue weighted by Crippen LogP contribution is -2.38. The van der Waals surface area contributed by atoms with Crippen molar-refractivity contribution in [1.82, 2.24) is 9.88 Å². The van der Waals surface area contributed by atoms with Crippen molar-refractivity contribution in [2.75, 3.05) is 11.9 Å². The standard InChI is InChI=1S/C17H16FN3O3S/c18-9-5-6-12-13(7-9)25-17(19-12)20-14(22)8-21-15(23)10-3-1-2-4-11(10)16(21)24/h5-7,10-11H,1-4,8H2,(H,19,20,22)/t10-,11-/m1/s1. The van der Waals surface area contributed by atoms with E-state index >= 15 is 0 Å². The van der Waals surface area contributed by atoms with Crippen molar-refractivity contribution >= 4 is 44.4 Å². The van der Waals surface area contributed by atoms with Crippen LogP contribution in [-0.4, -0.2) is 34.2 Å². The highest BCUT2D eigenvalue weighted by atomic mass is 32.1. The van der Waals surface area contributed by atoms with Crippen LogP contribution in [0.1, 0.15) is 25.7 Å². The van der Waals surface area contributed by atoms with E-state index in [0.29, 0.717) is 15.3 Å². The highest BCUT2D eigenvalue weighted by Crippen LogP contribution is 2.38. The molecule has 3 amide bonds. The predicted molar refractivity (Wildman–Crippen MR) is 90.4 cm³/mol. The summed E-state index contributed by atoms with van der Waals surface area (Å²) in [4.78, 5) is 42.3. The minimum atomic E-state index is -0.472. The number of anilines is 1. The molecule has 0 unspecified atom stereocenters. The zero-order valence-electron chi connectivity index (χ0n) is 13.3. The molecule has 2 heterocycles. The summed E-state index contributed by atoms with van der Waals surface area (Å²) in [7, 11) is 0. The number of benzene rings is 1. The Bertz CT molecular complexity index is 857. The van der Waals surface area contributed by atoms with Gasteiger partial charge in [-0.2, -0.15) is 0 Å². The minimum absolute atomic E-state index is 0.240.